The quantitative estimate of drug-likeness (QED) is 0.328. The minimum atomic E-state index is -1.08. The Hall–Kier alpha value is -0.640. The number of aliphatic hydroxyl groups is 1. The van der Waals surface area contributed by atoms with Gasteiger partial charge in [-0.25, -0.2) is 0 Å². The van der Waals surface area contributed by atoms with Gasteiger partial charge in [0.15, 0.2) is 0 Å². The lowest BCUT2D eigenvalue weighted by atomic mass is 9.87. The Morgan fingerprint density at radius 2 is 1.39 bits per heavy atom. The van der Waals surface area contributed by atoms with Crippen LogP contribution in [0.5, 0.6) is 0 Å². The number of rotatable bonds is 12. The summed E-state index contributed by atoms with van der Waals surface area (Å²) < 4.78 is 0. The van der Waals surface area contributed by atoms with Crippen molar-refractivity contribution in [2.45, 2.75) is 83.6 Å². The summed E-state index contributed by atoms with van der Waals surface area (Å²) in [7, 11) is 0. The molecule has 0 fully saturated rings. The molecular formula is C14H29NO3. The zero-order valence-corrected chi connectivity index (χ0v) is 12.0. The second kappa shape index (κ2) is 10.3. The third-order valence-corrected chi connectivity index (χ3v) is 3.67. The molecule has 0 aliphatic heterocycles. The van der Waals surface area contributed by atoms with Crippen LogP contribution in [0.2, 0.25) is 0 Å². The van der Waals surface area contributed by atoms with E-state index >= 15 is 0 Å². The molecule has 0 aromatic rings. The summed E-state index contributed by atoms with van der Waals surface area (Å²) >= 11 is 0. The van der Waals surface area contributed by atoms with Crippen LogP contribution in [0.25, 0.3) is 0 Å². The topological polar surface area (TPSA) is 63.4 Å². The van der Waals surface area contributed by atoms with Crippen LogP contribution in [0.3, 0.4) is 0 Å². The van der Waals surface area contributed by atoms with E-state index in [2.05, 4.69) is 13.8 Å². The van der Waals surface area contributed by atoms with E-state index in [1.54, 1.807) is 0 Å². The van der Waals surface area contributed by atoms with Gasteiger partial charge in [0.1, 0.15) is 6.61 Å². The average molecular weight is 259 g/mol. The highest BCUT2D eigenvalue weighted by Gasteiger charge is 2.40. The molecule has 0 amide bonds. The first-order valence-corrected chi connectivity index (χ1v) is 7.38. The van der Waals surface area contributed by atoms with Gasteiger partial charge in [0.05, 0.1) is 0 Å². The molecule has 0 unspecified atom stereocenters. The summed E-state index contributed by atoms with van der Waals surface area (Å²) in [6.45, 7) is 3.92. The van der Waals surface area contributed by atoms with Crippen LogP contribution in [0.1, 0.15) is 78.1 Å². The Kier molecular flexibility index (Phi) is 9.93. The van der Waals surface area contributed by atoms with Gasteiger partial charge in [0.2, 0.25) is 5.54 Å². The highest BCUT2D eigenvalue weighted by Crippen LogP contribution is 2.26. The fourth-order valence-corrected chi connectivity index (χ4v) is 2.29. The monoisotopic (exact) mass is 259 g/mol. The number of unbranched alkanes of at least 4 members (excludes halogenated alkanes) is 6. The molecule has 0 aliphatic rings. The maximum Gasteiger partial charge on any atom is 0.244 e. The Balaban J connectivity index is 4.19. The summed E-state index contributed by atoms with van der Waals surface area (Å²) in [5, 5.41) is 20.6. The third-order valence-electron chi connectivity index (χ3n) is 3.67. The molecule has 0 aromatic carbocycles. The van der Waals surface area contributed by atoms with Crippen LogP contribution in [-0.4, -0.2) is 22.2 Å². The summed E-state index contributed by atoms with van der Waals surface area (Å²) in [5.41, 5.74) is -1.08. The van der Waals surface area contributed by atoms with Crippen molar-refractivity contribution < 1.29 is 10.0 Å². The van der Waals surface area contributed by atoms with Gasteiger partial charge in [-0.15, -0.1) is 0 Å². The van der Waals surface area contributed by atoms with Crippen molar-refractivity contribution in [3.8, 4) is 0 Å². The molecule has 0 saturated carbocycles. The van der Waals surface area contributed by atoms with E-state index in [4.69, 9.17) is 0 Å². The number of nitrogens with zero attached hydrogens (tertiary/aromatic N) is 1. The van der Waals surface area contributed by atoms with Crippen LogP contribution in [0, 0.1) is 10.1 Å². The fraction of sp³-hybridized carbons (Fsp3) is 1.00. The normalized spacial score (nSPS) is 11.7. The molecule has 0 saturated heterocycles. The van der Waals surface area contributed by atoms with Crippen molar-refractivity contribution in [2.24, 2.45) is 0 Å². The molecule has 108 valence electrons. The highest BCUT2D eigenvalue weighted by atomic mass is 16.6. The predicted octanol–water partition coefficient (Wildman–Crippen LogP) is 3.94. The molecule has 0 aliphatic carbocycles. The molecule has 0 heterocycles. The molecule has 1 N–H and O–H groups in total. The first-order valence-electron chi connectivity index (χ1n) is 7.38. The zero-order valence-electron chi connectivity index (χ0n) is 12.0. The average Bonchev–Trinajstić information content (AvgIpc) is 2.37. The molecule has 0 bridgehead atoms. The van der Waals surface area contributed by atoms with Crippen LogP contribution < -0.4 is 0 Å². The SMILES string of the molecule is CCCCCCC(CO)(CCCCCC)[N+](=O)[O-]. The second-order valence-corrected chi connectivity index (χ2v) is 5.26. The van der Waals surface area contributed by atoms with E-state index < -0.39 is 5.54 Å². The summed E-state index contributed by atoms with van der Waals surface area (Å²) in [4.78, 5) is 11.0. The minimum absolute atomic E-state index is 0.245. The first kappa shape index (κ1) is 17.4. The van der Waals surface area contributed by atoms with Gasteiger partial charge in [-0.1, -0.05) is 52.4 Å². The van der Waals surface area contributed by atoms with Crippen LogP contribution in [-0.2, 0) is 0 Å². The molecule has 0 spiro atoms. The predicted molar refractivity (Wildman–Crippen MR) is 74.3 cm³/mol. The molecule has 4 heteroatoms. The molecule has 0 atom stereocenters. The van der Waals surface area contributed by atoms with Gasteiger partial charge >= 0.3 is 0 Å². The minimum Gasteiger partial charge on any atom is -0.389 e. The lowest BCUT2D eigenvalue weighted by Gasteiger charge is -2.23. The Morgan fingerprint density at radius 3 is 1.67 bits per heavy atom. The van der Waals surface area contributed by atoms with E-state index in [0.717, 1.165) is 51.4 Å². The third kappa shape index (κ3) is 6.34. The van der Waals surface area contributed by atoms with Gasteiger partial charge in [-0.3, -0.25) is 10.1 Å². The van der Waals surface area contributed by atoms with E-state index in [1.165, 1.54) is 0 Å². The van der Waals surface area contributed by atoms with Gasteiger partial charge in [0.25, 0.3) is 0 Å². The van der Waals surface area contributed by atoms with Crippen molar-refractivity contribution in [3.63, 3.8) is 0 Å². The molecule has 0 aromatic heterocycles. The first-order chi connectivity index (χ1) is 8.63. The summed E-state index contributed by atoms with van der Waals surface area (Å²) in [6.07, 6.45) is 9.28. The Morgan fingerprint density at radius 1 is 0.944 bits per heavy atom. The van der Waals surface area contributed by atoms with E-state index in [-0.39, 0.29) is 11.5 Å². The van der Waals surface area contributed by atoms with Crippen molar-refractivity contribution in [2.75, 3.05) is 6.61 Å². The van der Waals surface area contributed by atoms with Crippen molar-refractivity contribution in [1.82, 2.24) is 0 Å². The molecule has 4 nitrogen and oxygen atoms in total. The Bertz CT molecular complexity index is 207. The standard InChI is InChI=1S/C14H29NO3/c1-3-5-7-9-11-14(13-16,15(17)18)12-10-8-6-4-2/h16H,3-13H2,1-2H3. The second-order valence-electron chi connectivity index (χ2n) is 5.26. The van der Waals surface area contributed by atoms with Gasteiger partial charge in [-0.05, 0) is 12.8 Å². The van der Waals surface area contributed by atoms with Crippen molar-refractivity contribution in [3.05, 3.63) is 10.1 Å². The number of aliphatic hydroxyl groups excluding tert-OH is 1. The van der Waals surface area contributed by atoms with Crippen LogP contribution >= 0.6 is 0 Å². The molecule has 0 rings (SSSR count). The maximum atomic E-state index is 11.2. The van der Waals surface area contributed by atoms with Crippen molar-refractivity contribution in [1.29, 1.82) is 0 Å². The Labute approximate surface area is 111 Å². The number of hydrogen-bond donors (Lipinski definition) is 1. The van der Waals surface area contributed by atoms with Crippen molar-refractivity contribution >= 4 is 0 Å². The van der Waals surface area contributed by atoms with E-state index in [0.29, 0.717) is 12.8 Å². The highest BCUT2D eigenvalue weighted by molar-refractivity contribution is 4.78. The van der Waals surface area contributed by atoms with Crippen LogP contribution in [0.4, 0.5) is 0 Å². The lowest BCUT2D eigenvalue weighted by Crippen LogP contribution is -2.42. The van der Waals surface area contributed by atoms with Gasteiger partial charge in [-0.2, -0.15) is 0 Å². The molecular weight excluding hydrogens is 230 g/mol. The lowest BCUT2D eigenvalue weighted by molar-refractivity contribution is -0.576. The molecule has 18 heavy (non-hydrogen) atoms. The number of hydrogen-bond acceptors (Lipinski definition) is 3. The van der Waals surface area contributed by atoms with E-state index in [1.807, 2.05) is 0 Å². The van der Waals surface area contributed by atoms with Gasteiger partial charge in [0, 0.05) is 17.8 Å². The van der Waals surface area contributed by atoms with Gasteiger partial charge < -0.3 is 5.11 Å². The van der Waals surface area contributed by atoms with Crippen LogP contribution in [0.15, 0.2) is 0 Å². The summed E-state index contributed by atoms with van der Waals surface area (Å²) in [5.74, 6) is 0. The molecule has 0 radical (unpaired) electrons. The number of nitro groups is 1. The fourth-order valence-electron chi connectivity index (χ4n) is 2.29. The smallest absolute Gasteiger partial charge is 0.244 e. The van der Waals surface area contributed by atoms with E-state index in [9.17, 15) is 15.2 Å². The maximum absolute atomic E-state index is 11.2. The zero-order chi connectivity index (χ0) is 13.9. The largest absolute Gasteiger partial charge is 0.389 e. The summed E-state index contributed by atoms with van der Waals surface area (Å²) in [6, 6.07) is 0.